The molecule has 1 aromatic rings. The third-order valence-electron chi connectivity index (χ3n) is 3.22. The minimum absolute atomic E-state index is 0.0837. The van der Waals surface area contributed by atoms with Gasteiger partial charge in [-0.15, -0.1) is 0 Å². The van der Waals surface area contributed by atoms with Gasteiger partial charge in [0, 0.05) is 12.6 Å². The summed E-state index contributed by atoms with van der Waals surface area (Å²) in [7, 11) is 0. The Bertz CT molecular complexity index is 349. The molecule has 0 amide bonds. The van der Waals surface area contributed by atoms with E-state index in [1.54, 1.807) is 0 Å². The molecule has 1 aromatic carbocycles. The van der Waals surface area contributed by atoms with Crippen LogP contribution < -0.4 is 5.73 Å². The van der Waals surface area contributed by atoms with Crippen LogP contribution in [0.25, 0.3) is 0 Å². The zero-order valence-corrected chi connectivity index (χ0v) is 11.5. The van der Waals surface area contributed by atoms with E-state index in [9.17, 15) is 0 Å². The first-order valence-corrected chi connectivity index (χ1v) is 6.51. The second kappa shape index (κ2) is 6.77. The Hall–Kier alpha value is -0.860. The van der Waals surface area contributed by atoms with Crippen LogP contribution >= 0.6 is 0 Å². The molecule has 17 heavy (non-hydrogen) atoms. The van der Waals surface area contributed by atoms with Crippen molar-refractivity contribution >= 4 is 0 Å². The van der Waals surface area contributed by atoms with Crippen LogP contribution in [0.5, 0.6) is 0 Å². The second-order valence-electron chi connectivity index (χ2n) is 4.70. The van der Waals surface area contributed by atoms with E-state index in [2.05, 4.69) is 39.0 Å². The summed E-state index contributed by atoms with van der Waals surface area (Å²) in [5, 5.41) is 0. The second-order valence-corrected chi connectivity index (χ2v) is 4.70. The molecule has 0 saturated heterocycles. The third kappa shape index (κ3) is 4.14. The molecule has 2 atom stereocenters. The largest absolute Gasteiger partial charge is 0.377 e. The van der Waals surface area contributed by atoms with Crippen molar-refractivity contribution in [1.29, 1.82) is 0 Å². The molecule has 0 fully saturated rings. The van der Waals surface area contributed by atoms with E-state index in [1.807, 2.05) is 6.92 Å². The number of rotatable bonds is 6. The molecule has 0 radical (unpaired) electrons. The predicted octanol–water partition coefficient (Wildman–Crippen LogP) is 2.99. The molecule has 0 heterocycles. The zero-order valence-electron chi connectivity index (χ0n) is 11.5. The van der Waals surface area contributed by atoms with Crippen LogP contribution in [0.1, 0.15) is 37.0 Å². The van der Waals surface area contributed by atoms with Crippen molar-refractivity contribution in [1.82, 2.24) is 0 Å². The number of aryl methyl sites for hydroxylation is 2. The number of hydrogen-bond acceptors (Lipinski definition) is 2. The summed E-state index contributed by atoms with van der Waals surface area (Å²) in [4.78, 5) is 0. The smallest absolute Gasteiger partial charge is 0.0726 e. The lowest BCUT2D eigenvalue weighted by Gasteiger charge is -2.23. The van der Waals surface area contributed by atoms with E-state index >= 15 is 0 Å². The van der Waals surface area contributed by atoms with Crippen LogP contribution in [0, 0.1) is 13.8 Å². The highest BCUT2D eigenvalue weighted by molar-refractivity contribution is 5.31. The van der Waals surface area contributed by atoms with Gasteiger partial charge in [0.2, 0.25) is 0 Å². The highest BCUT2D eigenvalue weighted by Gasteiger charge is 2.17. The van der Waals surface area contributed by atoms with Gasteiger partial charge < -0.3 is 10.5 Å². The van der Waals surface area contributed by atoms with Gasteiger partial charge in [-0.25, -0.2) is 0 Å². The van der Waals surface area contributed by atoms with Crippen LogP contribution in [0.4, 0.5) is 0 Å². The Kier molecular flexibility index (Phi) is 5.66. The van der Waals surface area contributed by atoms with E-state index in [1.165, 1.54) is 16.7 Å². The summed E-state index contributed by atoms with van der Waals surface area (Å²) >= 11 is 0. The predicted molar refractivity (Wildman–Crippen MR) is 73.3 cm³/mol. The summed E-state index contributed by atoms with van der Waals surface area (Å²) < 4.78 is 5.67. The van der Waals surface area contributed by atoms with Gasteiger partial charge in [-0.2, -0.15) is 0 Å². The fourth-order valence-electron chi connectivity index (χ4n) is 2.16. The lowest BCUT2D eigenvalue weighted by Crippen LogP contribution is -2.38. The maximum absolute atomic E-state index is 6.24. The van der Waals surface area contributed by atoms with E-state index in [-0.39, 0.29) is 12.1 Å². The lowest BCUT2D eigenvalue weighted by molar-refractivity contribution is 0.0417. The molecule has 96 valence electrons. The highest BCUT2D eigenvalue weighted by atomic mass is 16.5. The van der Waals surface area contributed by atoms with Crippen LogP contribution in [0.3, 0.4) is 0 Å². The fraction of sp³-hybridized carbons (Fsp3) is 0.600. The van der Waals surface area contributed by atoms with Crippen molar-refractivity contribution < 1.29 is 4.74 Å². The standard InChI is InChI=1S/C15H25NO/c1-5-15(17-6-2)14(16)10-13-9-11(3)7-8-12(13)4/h7-9,14-15H,5-6,10,16H2,1-4H3. The van der Waals surface area contributed by atoms with Gasteiger partial charge in [0.25, 0.3) is 0 Å². The number of ether oxygens (including phenoxy) is 1. The van der Waals surface area contributed by atoms with E-state index in [0.717, 1.165) is 19.4 Å². The first-order chi connectivity index (χ1) is 8.08. The fourth-order valence-corrected chi connectivity index (χ4v) is 2.16. The van der Waals surface area contributed by atoms with Crippen molar-refractivity contribution in [2.75, 3.05) is 6.61 Å². The lowest BCUT2D eigenvalue weighted by atomic mass is 9.96. The number of hydrogen-bond donors (Lipinski definition) is 1. The topological polar surface area (TPSA) is 35.2 Å². The van der Waals surface area contributed by atoms with Crippen LogP contribution in [0.15, 0.2) is 18.2 Å². The minimum atomic E-state index is 0.0837. The van der Waals surface area contributed by atoms with Crippen molar-refractivity contribution in [3.8, 4) is 0 Å². The first-order valence-electron chi connectivity index (χ1n) is 6.51. The van der Waals surface area contributed by atoms with E-state index in [4.69, 9.17) is 10.5 Å². The van der Waals surface area contributed by atoms with Crippen molar-refractivity contribution in [3.05, 3.63) is 34.9 Å². The minimum Gasteiger partial charge on any atom is -0.377 e. The molecule has 0 saturated carbocycles. The Balaban J connectivity index is 2.72. The maximum Gasteiger partial charge on any atom is 0.0726 e. The Morgan fingerprint density at radius 3 is 2.53 bits per heavy atom. The molecule has 2 N–H and O–H groups in total. The normalized spacial score (nSPS) is 14.6. The molecule has 2 nitrogen and oxygen atoms in total. The summed E-state index contributed by atoms with van der Waals surface area (Å²) in [6.45, 7) is 9.15. The van der Waals surface area contributed by atoms with Crippen LogP contribution in [-0.4, -0.2) is 18.8 Å². The molecule has 0 bridgehead atoms. The number of benzene rings is 1. The molecular formula is C15H25NO. The molecule has 2 heteroatoms. The van der Waals surface area contributed by atoms with Gasteiger partial charge in [0.05, 0.1) is 6.10 Å². The SMILES string of the molecule is CCOC(CC)C(N)Cc1cc(C)ccc1C. The van der Waals surface area contributed by atoms with E-state index in [0.29, 0.717) is 0 Å². The molecule has 0 aliphatic rings. The van der Waals surface area contributed by atoms with Crippen molar-refractivity contribution in [2.45, 2.75) is 52.7 Å². The quantitative estimate of drug-likeness (QED) is 0.822. The van der Waals surface area contributed by atoms with Gasteiger partial charge in [-0.05, 0) is 44.7 Å². The van der Waals surface area contributed by atoms with Crippen LogP contribution in [-0.2, 0) is 11.2 Å². The Morgan fingerprint density at radius 2 is 1.94 bits per heavy atom. The molecule has 0 spiro atoms. The zero-order chi connectivity index (χ0) is 12.8. The Labute approximate surface area is 105 Å². The molecule has 0 aliphatic carbocycles. The third-order valence-corrected chi connectivity index (χ3v) is 3.22. The Morgan fingerprint density at radius 1 is 1.24 bits per heavy atom. The number of nitrogens with two attached hydrogens (primary N) is 1. The van der Waals surface area contributed by atoms with Crippen LogP contribution in [0.2, 0.25) is 0 Å². The highest BCUT2D eigenvalue weighted by Crippen LogP contribution is 2.15. The summed E-state index contributed by atoms with van der Waals surface area (Å²) in [5.74, 6) is 0. The van der Waals surface area contributed by atoms with Gasteiger partial charge in [0.1, 0.15) is 0 Å². The summed E-state index contributed by atoms with van der Waals surface area (Å²) in [6, 6.07) is 6.62. The van der Waals surface area contributed by atoms with Gasteiger partial charge in [0.15, 0.2) is 0 Å². The van der Waals surface area contributed by atoms with Gasteiger partial charge >= 0.3 is 0 Å². The van der Waals surface area contributed by atoms with E-state index < -0.39 is 0 Å². The van der Waals surface area contributed by atoms with Crippen molar-refractivity contribution in [2.24, 2.45) is 5.73 Å². The molecule has 0 aliphatic heterocycles. The first kappa shape index (κ1) is 14.2. The average Bonchev–Trinajstić information content (AvgIpc) is 2.30. The van der Waals surface area contributed by atoms with Gasteiger partial charge in [-0.1, -0.05) is 30.7 Å². The van der Waals surface area contributed by atoms with Crippen molar-refractivity contribution in [3.63, 3.8) is 0 Å². The maximum atomic E-state index is 6.24. The molecule has 2 unspecified atom stereocenters. The summed E-state index contributed by atoms with van der Waals surface area (Å²) in [6.07, 6.45) is 2.03. The van der Waals surface area contributed by atoms with Gasteiger partial charge in [-0.3, -0.25) is 0 Å². The molecule has 1 rings (SSSR count). The molecule has 0 aromatic heterocycles. The monoisotopic (exact) mass is 235 g/mol. The molecular weight excluding hydrogens is 210 g/mol. The summed E-state index contributed by atoms with van der Waals surface area (Å²) in [5.41, 5.74) is 10.2. The average molecular weight is 235 g/mol.